The topological polar surface area (TPSA) is 71.0 Å². The first-order valence-electron chi connectivity index (χ1n) is 7.39. The first-order chi connectivity index (χ1) is 11.8. The van der Waals surface area contributed by atoms with Crippen LogP contribution in [0.5, 0.6) is 5.75 Å². The lowest BCUT2D eigenvalue weighted by molar-refractivity contribution is 0.449. The summed E-state index contributed by atoms with van der Waals surface area (Å²) < 4.78 is 30.0. The molecule has 0 radical (unpaired) electrons. The summed E-state index contributed by atoms with van der Waals surface area (Å²) >= 11 is 5.11. The van der Waals surface area contributed by atoms with Crippen LogP contribution in [-0.2, 0) is 10.0 Å². The quantitative estimate of drug-likeness (QED) is 0.493. The summed E-state index contributed by atoms with van der Waals surface area (Å²) in [7, 11) is -0.174. The van der Waals surface area contributed by atoms with Gasteiger partial charge in [0.2, 0.25) is 0 Å². The predicted molar refractivity (Wildman–Crippen MR) is 102 cm³/mol. The maximum Gasteiger partial charge on any atom is 0.276 e. The minimum absolute atomic E-state index is 0.147. The van der Waals surface area contributed by atoms with E-state index in [4.69, 9.17) is 17.0 Å². The molecule has 8 heteroatoms. The highest BCUT2D eigenvalue weighted by molar-refractivity contribution is 7.89. The fraction of sp³-hybridized carbons (Fsp3) is 0.176. The van der Waals surface area contributed by atoms with E-state index in [2.05, 4.69) is 9.93 Å². The fourth-order valence-corrected chi connectivity index (χ4v) is 2.68. The number of aryl methyl sites for hydroxylation is 1. The summed E-state index contributed by atoms with van der Waals surface area (Å²) in [6.45, 7) is 1.89. The van der Waals surface area contributed by atoms with Crippen molar-refractivity contribution in [3.05, 3.63) is 59.7 Å². The summed E-state index contributed by atoms with van der Waals surface area (Å²) in [6.07, 6.45) is 1.37. The van der Waals surface area contributed by atoms with Gasteiger partial charge in [-0.15, -0.1) is 0 Å². The number of hydrogen-bond acceptors (Lipinski definition) is 5. The number of ether oxygens (including phenoxy) is 1. The molecule has 0 aliphatic heterocycles. The van der Waals surface area contributed by atoms with Gasteiger partial charge in [-0.1, -0.05) is 29.8 Å². The molecule has 2 aromatic carbocycles. The minimum Gasteiger partial charge on any atom is -0.431 e. The molecule has 0 spiro atoms. The van der Waals surface area contributed by atoms with Crippen molar-refractivity contribution >= 4 is 33.6 Å². The number of nitrogens with zero attached hydrogens (tertiary/aromatic N) is 2. The van der Waals surface area contributed by atoms with E-state index in [0.717, 1.165) is 5.56 Å². The SMILES string of the molecule is Cc1ccc(S(=O)(=O)N/N=C/c2ccccc2OC(=S)N(C)C)cc1. The third kappa shape index (κ3) is 5.27. The highest BCUT2D eigenvalue weighted by atomic mass is 32.2. The predicted octanol–water partition coefficient (Wildman–Crippen LogP) is 2.53. The van der Waals surface area contributed by atoms with Crippen molar-refractivity contribution in [2.45, 2.75) is 11.8 Å². The molecule has 0 aromatic heterocycles. The van der Waals surface area contributed by atoms with Crippen LogP contribution in [0.2, 0.25) is 0 Å². The molecule has 0 amide bonds. The average Bonchev–Trinajstić information content (AvgIpc) is 2.56. The van der Waals surface area contributed by atoms with Crippen molar-refractivity contribution < 1.29 is 13.2 Å². The van der Waals surface area contributed by atoms with Crippen LogP contribution < -0.4 is 9.57 Å². The van der Waals surface area contributed by atoms with E-state index in [1.165, 1.54) is 18.3 Å². The second-order valence-corrected chi connectivity index (χ2v) is 7.48. The normalized spacial score (nSPS) is 11.3. The monoisotopic (exact) mass is 377 g/mol. The van der Waals surface area contributed by atoms with Crippen molar-refractivity contribution in [3.63, 3.8) is 0 Å². The molecule has 0 heterocycles. The lowest BCUT2D eigenvalue weighted by Gasteiger charge is -2.15. The third-order valence-corrected chi connectivity index (χ3v) is 4.88. The van der Waals surface area contributed by atoms with Gasteiger partial charge in [0.05, 0.1) is 11.1 Å². The summed E-state index contributed by atoms with van der Waals surface area (Å²) in [5, 5.41) is 4.12. The van der Waals surface area contributed by atoms with Crippen molar-refractivity contribution in [2.24, 2.45) is 5.10 Å². The minimum atomic E-state index is -3.72. The van der Waals surface area contributed by atoms with Gasteiger partial charge in [0.25, 0.3) is 15.2 Å². The van der Waals surface area contributed by atoms with Crippen LogP contribution in [0.15, 0.2) is 58.5 Å². The number of sulfonamides is 1. The Bertz CT molecular complexity index is 876. The number of para-hydroxylation sites is 1. The molecular weight excluding hydrogens is 358 g/mol. The molecule has 1 N–H and O–H groups in total. The van der Waals surface area contributed by atoms with Crippen molar-refractivity contribution in [3.8, 4) is 5.75 Å². The zero-order valence-corrected chi connectivity index (χ0v) is 15.8. The van der Waals surface area contributed by atoms with Crippen LogP contribution in [0.1, 0.15) is 11.1 Å². The first-order valence-corrected chi connectivity index (χ1v) is 9.28. The molecule has 0 saturated heterocycles. The summed E-state index contributed by atoms with van der Waals surface area (Å²) in [5.74, 6) is 0.486. The van der Waals surface area contributed by atoms with E-state index in [9.17, 15) is 8.42 Å². The zero-order chi connectivity index (χ0) is 18.4. The van der Waals surface area contributed by atoms with Gasteiger partial charge in [-0.3, -0.25) is 0 Å². The van der Waals surface area contributed by atoms with Gasteiger partial charge >= 0.3 is 0 Å². The van der Waals surface area contributed by atoms with E-state index in [-0.39, 0.29) is 4.90 Å². The first kappa shape index (κ1) is 18.9. The summed E-state index contributed by atoms with van der Waals surface area (Å²) in [6, 6.07) is 13.6. The highest BCUT2D eigenvalue weighted by Crippen LogP contribution is 2.17. The van der Waals surface area contributed by atoms with Gasteiger partial charge < -0.3 is 9.64 Å². The van der Waals surface area contributed by atoms with Crippen molar-refractivity contribution in [1.82, 2.24) is 9.73 Å². The number of benzene rings is 2. The van der Waals surface area contributed by atoms with Gasteiger partial charge in [0, 0.05) is 19.7 Å². The number of hydrazone groups is 1. The second-order valence-electron chi connectivity index (χ2n) is 5.47. The maximum absolute atomic E-state index is 12.2. The van der Waals surface area contributed by atoms with Gasteiger partial charge in [-0.05, 0) is 43.4 Å². The number of nitrogens with one attached hydrogen (secondary N) is 1. The lowest BCUT2D eigenvalue weighted by atomic mass is 10.2. The Morgan fingerprint density at radius 2 is 1.80 bits per heavy atom. The Balaban J connectivity index is 2.14. The maximum atomic E-state index is 12.2. The molecule has 0 aliphatic rings. The molecule has 0 atom stereocenters. The second kappa shape index (κ2) is 8.09. The van der Waals surface area contributed by atoms with Crippen LogP contribution in [0, 0.1) is 6.92 Å². The molecule has 2 aromatic rings. The van der Waals surface area contributed by atoms with Gasteiger partial charge in [0.1, 0.15) is 5.75 Å². The van der Waals surface area contributed by atoms with Crippen LogP contribution in [0.25, 0.3) is 0 Å². The van der Waals surface area contributed by atoms with E-state index in [1.54, 1.807) is 55.4 Å². The fourth-order valence-electron chi connectivity index (χ4n) is 1.80. The average molecular weight is 377 g/mol. The Morgan fingerprint density at radius 3 is 2.44 bits per heavy atom. The molecule has 2 rings (SSSR count). The van der Waals surface area contributed by atoms with Crippen LogP contribution in [0.4, 0.5) is 0 Å². The molecule has 0 bridgehead atoms. The zero-order valence-electron chi connectivity index (χ0n) is 14.1. The molecule has 6 nitrogen and oxygen atoms in total. The van der Waals surface area contributed by atoms with Gasteiger partial charge in [-0.25, -0.2) is 4.83 Å². The van der Waals surface area contributed by atoms with Crippen LogP contribution in [-0.4, -0.2) is 38.8 Å². The number of hydrogen-bond donors (Lipinski definition) is 1. The Hall–Kier alpha value is -2.45. The Kier molecular flexibility index (Phi) is 6.11. The lowest BCUT2D eigenvalue weighted by Crippen LogP contribution is -2.25. The van der Waals surface area contributed by atoms with E-state index in [1.807, 2.05) is 6.92 Å². The molecular formula is C17H19N3O3S2. The Labute approximate surface area is 153 Å². The molecule has 0 aliphatic carbocycles. The van der Waals surface area contributed by atoms with Crippen molar-refractivity contribution in [2.75, 3.05) is 14.1 Å². The third-order valence-electron chi connectivity index (χ3n) is 3.19. The molecule has 0 fully saturated rings. The molecule has 132 valence electrons. The number of rotatable bonds is 5. The smallest absolute Gasteiger partial charge is 0.276 e. The molecule has 0 unspecified atom stereocenters. The van der Waals surface area contributed by atoms with Crippen LogP contribution in [0.3, 0.4) is 0 Å². The summed E-state index contributed by atoms with van der Waals surface area (Å²) in [4.78, 5) is 3.99. The van der Waals surface area contributed by atoms with E-state index < -0.39 is 10.0 Å². The summed E-state index contributed by atoms with van der Waals surface area (Å²) in [5.41, 5.74) is 1.57. The van der Waals surface area contributed by atoms with E-state index >= 15 is 0 Å². The number of thiocarbonyl (C=S) groups is 1. The van der Waals surface area contributed by atoms with Crippen molar-refractivity contribution in [1.29, 1.82) is 0 Å². The largest absolute Gasteiger partial charge is 0.431 e. The van der Waals surface area contributed by atoms with Gasteiger partial charge in [0.15, 0.2) is 0 Å². The van der Waals surface area contributed by atoms with Gasteiger partial charge in [-0.2, -0.15) is 13.5 Å². The van der Waals surface area contributed by atoms with E-state index in [0.29, 0.717) is 16.5 Å². The Morgan fingerprint density at radius 1 is 1.16 bits per heavy atom. The van der Waals surface area contributed by atoms with Crippen LogP contribution >= 0.6 is 12.2 Å². The molecule has 0 saturated carbocycles. The standard InChI is InChI=1S/C17H19N3O3S2/c1-13-8-10-15(11-9-13)25(21,22)19-18-12-14-6-4-5-7-16(14)23-17(24)20(2)3/h4-12,19H,1-3H3/b18-12+. The highest BCUT2D eigenvalue weighted by Gasteiger charge is 2.12. The molecule has 25 heavy (non-hydrogen) atoms.